The van der Waals surface area contributed by atoms with Gasteiger partial charge in [0, 0.05) is 33.2 Å². The van der Waals surface area contributed by atoms with Crippen LogP contribution in [0.3, 0.4) is 0 Å². The number of hydrogen-bond acceptors (Lipinski definition) is 6. The van der Waals surface area contributed by atoms with Gasteiger partial charge in [-0.3, -0.25) is 14.4 Å². The number of fused-ring (bicyclic) bond motifs is 1. The van der Waals surface area contributed by atoms with Crippen LogP contribution in [0.2, 0.25) is 0 Å². The summed E-state index contributed by atoms with van der Waals surface area (Å²) in [6.45, 7) is 8.09. The van der Waals surface area contributed by atoms with Crippen LogP contribution >= 0.6 is 0 Å². The molecule has 0 spiro atoms. The molecule has 0 aliphatic carbocycles. The summed E-state index contributed by atoms with van der Waals surface area (Å²) in [6, 6.07) is -0.845. The first kappa shape index (κ1) is 21.3. The molecule has 2 rings (SSSR count). The van der Waals surface area contributed by atoms with E-state index < -0.39 is 22.9 Å². The van der Waals surface area contributed by atoms with Crippen molar-refractivity contribution in [2.24, 2.45) is 16.3 Å². The van der Waals surface area contributed by atoms with Crippen molar-refractivity contribution in [1.29, 1.82) is 0 Å². The molecule has 27 heavy (non-hydrogen) atoms. The molecular weight excluding hydrogens is 350 g/mol. The Balaban J connectivity index is 2.19. The normalized spacial score (nSPS) is 23.8. The Kier molecular flexibility index (Phi) is 6.26. The van der Waals surface area contributed by atoms with Crippen LogP contribution in [0.1, 0.15) is 40.5 Å². The van der Waals surface area contributed by atoms with Gasteiger partial charge < -0.3 is 20.7 Å². The Bertz CT molecular complexity index is 642. The number of hydrogen-bond donors (Lipinski definition) is 2. The highest BCUT2D eigenvalue weighted by atomic mass is 16.5. The Morgan fingerprint density at radius 2 is 2.07 bits per heavy atom. The Hall–Kier alpha value is -2.00. The molecule has 0 aromatic rings. The van der Waals surface area contributed by atoms with E-state index in [2.05, 4.69) is 10.4 Å². The number of nitrogens with two attached hydrogens (primary N) is 1. The van der Waals surface area contributed by atoms with Crippen LogP contribution in [-0.2, 0) is 19.1 Å². The van der Waals surface area contributed by atoms with E-state index in [1.54, 1.807) is 25.8 Å². The average Bonchev–Trinajstić information content (AvgIpc) is 2.87. The van der Waals surface area contributed by atoms with E-state index in [0.717, 1.165) is 5.71 Å². The van der Waals surface area contributed by atoms with Gasteiger partial charge in [-0.25, -0.2) is 5.01 Å². The molecule has 2 aliphatic heterocycles. The number of piperidine rings is 1. The predicted molar refractivity (Wildman–Crippen MR) is 101 cm³/mol. The molecule has 2 heterocycles. The number of carbonyl (C=O) groups excluding carboxylic acids is 3. The SMILES string of the molecule is CCOC[C@@H](NC(=O)C(C)(C)N)C(=O)N1CCC2=NN(C)C(=O)[C@]2(CC)C1. The number of nitrogens with zero attached hydrogens (tertiary/aromatic N) is 3. The minimum atomic E-state index is -1.11. The van der Waals surface area contributed by atoms with Crippen LogP contribution in [-0.4, -0.2) is 78.3 Å². The van der Waals surface area contributed by atoms with Crippen molar-refractivity contribution in [3.8, 4) is 0 Å². The largest absolute Gasteiger partial charge is 0.379 e. The Morgan fingerprint density at radius 3 is 2.63 bits per heavy atom. The zero-order valence-electron chi connectivity index (χ0n) is 16.9. The maximum absolute atomic E-state index is 13.1. The second-order valence-electron chi connectivity index (χ2n) is 7.73. The molecule has 1 fully saturated rings. The van der Waals surface area contributed by atoms with Crippen LogP contribution in [0.25, 0.3) is 0 Å². The van der Waals surface area contributed by atoms with Crippen molar-refractivity contribution in [2.75, 3.05) is 33.4 Å². The molecule has 9 nitrogen and oxygen atoms in total. The second-order valence-corrected chi connectivity index (χ2v) is 7.73. The molecule has 2 aliphatic rings. The molecule has 152 valence electrons. The molecule has 0 unspecified atom stereocenters. The van der Waals surface area contributed by atoms with E-state index in [-0.39, 0.29) is 25.0 Å². The lowest BCUT2D eigenvalue weighted by molar-refractivity contribution is -0.143. The molecule has 0 aromatic heterocycles. The van der Waals surface area contributed by atoms with Crippen molar-refractivity contribution in [3.63, 3.8) is 0 Å². The molecule has 1 saturated heterocycles. The fourth-order valence-corrected chi connectivity index (χ4v) is 3.48. The van der Waals surface area contributed by atoms with Crippen molar-refractivity contribution in [2.45, 2.75) is 52.1 Å². The first-order chi connectivity index (χ1) is 12.6. The van der Waals surface area contributed by atoms with E-state index in [4.69, 9.17) is 10.5 Å². The van der Waals surface area contributed by atoms with E-state index >= 15 is 0 Å². The maximum atomic E-state index is 13.1. The first-order valence-electron chi connectivity index (χ1n) is 9.39. The lowest BCUT2D eigenvalue weighted by Gasteiger charge is -2.40. The van der Waals surface area contributed by atoms with E-state index in [1.807, 2.05) is 13.8 Å². The topological polar surface area (TPSA) is 117 Å². The molecule has 0 saturated carbocycles. The van der Waals surface area contributed by atoms with Crippen molar-refractivity contribution in [3.05, 3.63) is 0 Å². The molecule has 9 heteroatoms. The number of amides is 3. The van der Waals surface area contributed by atoms with Crippen LogP contribution in [0.5, 0.6) is 0 Å². The summed E-state index contributed by atoms with van der Waals surface area (Å²) in [5.74, 6) is -0.789. The maximum Gasteiger partial charge on any atom is 0.256 e. The van der Waals surface area contributed by atoms with Gasteiger partial charge in [0.15, 0.2) is 0 Å². The van der Waals surface area contributed by atoms with Gasteiger partial charge in [0.2, 0.25) is 11.8 Å². The fourth-order valence-electron chi connectivity index (χ4n) is 3.48. The molecule has 3 N–H and O–H groups in total. The van der Waals surface area contributed by atoms with Crippen molar-refractivity contribution >= 4 is 23.4 Å². The van der Waals surface area contributed by atoms with Gasteiger partial charge in [0.25, 0.3) is 5.91 Å². The lowest BCUT2D eigenvalue weighted by atomic mass is 9.75. The highest BCUT2D eigenvalue weighted by molar-refractivity contribution is 6.13. The smallest absolute Gasteiger partial charge is 0.256 e. The third kappa shape index (κ3) is 4.14. The molecule has 0 bridgehead atoms. The highest BCUT2D eigenvalue weighted by Gasteiger charge is 2.52. The van der Waals surface area contributed by atoms with Gasteiger partial charge in [-0.05, 0) is 27.2 Å². The van der Waals surface area contributed by atoms with Crippen molar-refractivity contribution in [1.82, 2.24) is 15.2 Å². The minimum Gasteiger partial charge on any atom is -0.379 e. The summed E-state index contributed by atoms with van der Waals surface area (Å²) in [4.78, 5) is 39.7. The predicted octanol–water partition coefficient (Wildman–Crippen LogP) is -0.298. The Morgan fingerprint density at radius 1 is 1.41 bits per heavy atom. The molecule has 0 radical (unpaired) electrons. The minimum absolute atomic E-state index is 0.0571. The molecule has 2 atom stereocenters. The van der Waals surface area contributed by atoms with Gasteiger partial charge in [0.1, 0.15) is 11.5 Å². The summed E-state index contributed by atoms with van der Waals surface area (Å²) < 4.78 is 5.40. The number of rotatable bonds is 7. The standard InChI is InChI=1S/C18H31N5O4/c1-6-18-11-23(9-8-13(18)21-22(5)16(18)26)14(24)12(10-27-7-2)20-15(25)17(3,4)19/h12H,6-11,19H2,1-5H3,(H,20,25)/t12-,18-/m1/s1. The van der Waals surface area contributed by atoms with Gasteiger partial charge in [0.05, 0.1) is 17.9 Å². The van der Waals surface area contributed by atoms with E-state index in [0.29, 0.717) is 26.0 Å². The highest BCUT2D eigenvalue weighted by Crippen LogP contribution is 2.37. The van der Waals surface area contributed by atoms with Crippen LogP contribution in [0, 0.1) is 5.41 Å². The molecular formula is C18H31N5O4. The van der Waals surface area contributed by atoms with Crippen molar-refractivity contribution < 1.29 is 19.1 Å². The number of carbonyl (C=O) groups is 3. The number of ether oxygens (including phenoxy) is 1. The number of nitrogens with one attached hydrogen (secondary N) is 1. The zero-order chi connectivity index (χ0) is 20.4. The van der Waals surface area contributed by atoms with Gasteiger partial charge >= 0.3 is 0 Å². The number of likely N-dealkylation sites (tertiary alicyclic amines) is 1. The van der Waals surface area contributed by atoms with Gasteiger partial charge in [-0.1, -0.05) is 6.92 Å². The molecule has 0 aromatic carbocycles. The van der Waals surface area contributed by atoms with Crippen LogP contribution in [0.15, 0.2) is 5.10 Å². The summed E-state index contributed by atoms with van der Waals surface area (Å²) >= 11 is 0. The quantitative estimate of drug-likeness (QED) is 0.628. The second kappa shape index (κ2) is 7.93. The third-order valence-electron chi connectivity index (χ3n) is 5.20. The Labute approximate surface area is 160 Å². The average molecular weight is 381 g/mol. The summed E-state index contributed by atoms with van der Waals surface area (Å²) in [6.07, 6.45) is 1.10. The summed E-state index contributed by atoms with van der Waals surface area (Å²) in [5.41, 5.74) is 4.79. The molecule has 3 amide bonds. The fraction of sp³-hybridized carbons (Fsp3) is 0.778. The monoisotopic (exact) mass is 381 g/mol. The first-order valence-corrected chi connectivity index (χ1v) is 9.39. The zero-order valence-corrected chi connectivity index (χ0v) is 16.9. The van der Waals surface area contributed by atoms with E-state index in [9.17, 15) is 14.4 Å². The third-order valence-corrected chi connectivity index (χ3v) is 5.20. The van der Waals surface area contributed by atoms with Gasteiger partial charge in [-0.15, -0.1) is 0 Å². The van der Waals surface area contributed by atoms with Crippen LogP contribution < -0.4 is 11.1 Å². The van der Waals surface area contributed by atoms with E-state index in [1.165, 1.54) is 5.01 Å². The van der Waals surface area contributed by atoms with Gasteiger partial charge in [-0.2, -0.15) is 5.10 Å². The van der Waals surface area contributed by atoms with Crippen LogP contribution in [0.4, 0.5) is 0 Å². The number of hydrazone groups is 1. The summed E-state index contributed by atoms with van der Waals surface area (Å²) in [5, 5.41) is 8.41. The summed E-state index contributed by atoms with van der Waals surface area (Å²) in [7, 11) is 1.64. The lowest BCUT2D eigenvalue weighted by Crippen LogP contribution is -2.61.